The molecule has 1 spiro atoms. The van der Waals surface area contributed by atoms with Gasteiger partial charge in [-0.15, -0.1) is 0 Å². The highest BCUT2D eigenvalue weighted by Crippen LogP contribution is 2.67. The number of likely N-dealkylation sites (tertiary alicyclic amines) is 1. The van der Waals surface area contributed by atoms with Crippen LogP contribution in [-0.4, -0.2) is 51.2 Å². The molecule has 2 N–H and O–H groups in total. The molecular formula is C20H20N2O4. The fraction of sp³-hybridized carbons (Fsp3) is 0.450. The van der Waals surface area contributed by atoms with Crippen molar-refractivity contribution in [3.63, 3.8) is 0 Å². The molecule has 134 valence electrons. The maximum atomic E-state index is 13.3. The number of carbonyl (C=O) groups excluding carboxylic acids is 1. The number of nitrogens with zero attached hydrogens (tertiary/aromatic N) is 2. The van der Waals surface area contributed by atoms with Crippen LogP contribution in [0.3, 0.4) is 0 Å². The first kappa shape index (κ1) is 14.8. The summed E-state index contributed by atoms with van der Waals surface area (Å²) in [7, 11) is 3.91. The quantitative estimate of drug-likeness (QED) is 0.742. The zero-order valence-electron chi connectivity index (χ0n) is 14.7. The van der Waals surface area contributed by atoms with Crippen molar-refractivity contribution in [1.82, 2.24) is 9.47 Å². The Hall–Kier alpha value is -2.31. The third-order valence-electron chi connectivity index (χ3n) is 7.19. The maximum Gasteiger partial charge on any atom is 0.206 e. The lowest BCUT2D eigenvalue weighted by molar-refractivity contribution is -0.164. The van der Waals surface area contributed by atoms with Gasteiger partial charge in [0, 0.05) is 42.2 Å². The second-order valence-electron chi connectivity index (χ2n) is 8.25. The van der Waals surface area contributed by atoms with Gasteiger partial charge < -0.3 is 19.5 Å². The Morgan fingerprint density at radius 1 is 1.27 bits per heavy atom. The van der Waals surface area contributed by atoms with Gasteiger partial charge in [0.25, 0.3) is 0 Å². The van der Waals surface area contributed by atoms with Crippen LogP contribution in [0.5, 0.6) is 11.5 Å². The minimum atomic E-state index is -1.22. The number of hydrogen-bond donors (Lipinski definition) is 2. The highest BCUT2D eigenvalue weighted by molar-refractivity contribution is 6.05. The number of aromatic hydroxyl groups is 1. The molecule has 3 heterocycles. The van der Waals surface area contributed by atoms with Crippen molar-refractivity contribution in [2.45, 2.75) is 36.0 Å². The summed E-state index contributed by atoms with van der Waals surface area (Å²) < 4.78 is 7.94. The van der Waals surface area contributed by atoms with Crippen molar-refractivity contribution in [2.75, 3.05) is 13.6 Å². The molecule has 6 nitrogen and oxygen atoms in total. The van der Waals surface area contributed by atoms with E-state index in [9.17, 15) is 15.0 Å². The first-order valence-electron chi connectivity index (χ1n) is 9.05. The monoisotopic (exact) mass is 352 g/mol. The molecule has 2 aromatic rings. The van der Waals surface area contributed by atoms with Crippen molar-refractivity contribution in [3.05, 3.63) is 46.8 Å². The maximum absolute atomic E-state index is 13.3. The predicted molar refractivity (Wildman–Crippen MR) is 92.6 cm³/mol. The Kier molecular flexibility index (Phi) is 2.37. The molecule has 0 amide bonds. The molecule has 2 bridgehead atoms. The number of likely N-dealkylation sites (N-methyl/N-ethyl adjacent to an activating group) is 1. The van der Waals surface area contributed by atoms with E-state index in [-0.39, 0.29) is 17.6 Å². The third-order valence-corrected chi connectivity index (χ3v) is 7.19. The number of piperidine rings is 1. The van der Waals surface area contributed by atoms with E-state index in [1.165, 1.54) is 0 Å². The van der Waals surface area contributed by atoms with Crippen molar-refractivity contribution < 1.29 is 19.7 Å². The zero-order valence-corrected chi connectivity index (χ0v) is 14.7. The Morgan fingerprint density at radius 2 is 2.08 bits per heavy atom. The number of benzene rings is 1. The lowest BCUT2D eigenvalue weighted by Gasteiger charge is -2.61. The number of aliphatic hydroxyl groups is 1. The van der Waals surface area contributed by atoms with Crippen LogP contribution in [0.15, 0.2) is 24.5 Å². The summed E-state index contributed by atoms with van der Waals surface area (Å²) in [6.45, 7) is 0.775. The number of hydrogen-bond acceptors (Lipinski definition) is 5. The first-order chi connectivity index (χ1) is 12.4. The van der Waals surface area contributed by atoms with Gasteiger partial charge >= 0.3 is 0 Å². The average Bonchev–Trinajstić information content (AvgIpc) is 3.16. The van der Waals surface area contributed by atoms with Gasteiger partial charge in [-0.05, 0) is 38.1 Å². The molecule has 2 aliphatic carbocycles. The second-order valence-corrected chi connectivity index (χ2v) is 8.25. The van der Waals surface area contributed by atoms with E-state index in [0.29, 0.717) is 29.7 Å². The largest absolute Gasteiger partial charge is 0.504 e. The molecule has 4 aliphatic rings. The summed E-state index contributed by atoms with van der Waals surface area (Å²) in [5.74, 6) is 0.333. The normalized spacial score (nSPS) is 36.5. The van der Waals surface area contributed by atoms with Crippen LogP contribution in [0.2, 0.25) is 0 Å². The van der Waals surface area contributed by atoms with E-state index in [1.54, 1.807) is 12.3 Å². The van der Waals surface area contributed by atoms with E-state index in [0.717, 1.165) is 17.7 Å². The highest BCUT2D eigenvalue weighted by atomic mass is 16.5. The minimum Gasteiger partial charge on any atom is -0.504 e. The summed E-state index contributed by atoms with van der Waals surface area (Å²) in [5.41, 5.74) is 1.08. The van der Waals surface area contributed by atoms with E-state index < -0.39 is 17.1 Å². The van der Waals surface area contributed by atoms with Crippen LogP contribution < -0.4 is 4.74 Å². The number of Topliss-reactive ketones (excluding diaryl/α,β-unsaturated/α-hetero) is 1. The number of aryl methyl sites for hydroxylation is 1. The fourth-order valence-corrected chi connectivity index (χ4v) is 6.14. The van der Waals surface area contributed by atoms with Gasteiger partial charge in [0.05, 0.1) is 5.41 Å². The Morgan fingerprint density at radius 3 is 2.88 bits per heavy atom. The van der Waals surface area contributed by atoms with Crippen LogP contribution in [0.1, 0.15) is 33.5 Å². The van der Waals surface area contributed by atoms with Gasteiger partial charge in [0.15, 0.2) is 17.6 Å². The molecule has 0 radical (unpaired) electrons. The SMILES string of the molecule is CN1CC[C@]23c4c5ccc(O)c4O[C@H]2C(=O)c2cn(C)cc2[C@@]3(O)C1C5. The van der Waals surface area contributed by atoms with E-state index in [1.807, 2.05) is 30.9 Å². The lowest BCUT2D eigenvalue weighted by atomic mass is 9.48. The van der Waals surface area contributed by atoms with Crippen molar-refractivity contribution in [3.8, 4) is 11.5 Å². The molecule has 0 saturated carbocycles. The van der Waals surface area contributed by atoms with Crippen molar-refractivity contribution in [1.29, 1.82) is 0 Å². The number of carbonyl (C=O) groups is 1. The second kappa shape index (κ2) is 4.15. The van der Waals surface area contributed by atoms with Gasteiger partial charge in [-0.1, -0.05) is 6.07 Å². The first-order valence-corrected chi connectivity index (χ1v) is 9.05. The molecule has 26 heavy (non-hydrogen) atoms. The lowest BCUT2D eigenvalue weighted by Crippen LogP contribution is -2.74. The van der Waals surface area contributed by atoms with Crippen LogP contribution >= 0.6 is 0 Å². The molecule has 2 aliphatic heterocycles. The summed E-state index contributed by atoms with van der Waals surface area (Å²) in [4.78, 5) is 15.5. The molecule has 1 aromatic carbocycles. The molecule has 1 unspecified atom stereocenters. The van der Waals surface area contributed by atoms with Crippen LogP contribution in [0.25, 0.3) is 0 Å². The summed E-state index contributed by atoms with van der Waals surface area (Å²) in [6, 6.07) is 3.41. The van der Waals surface area contributed by atoms with Gasteiger partial charge in [-0.25, -0.2) is 0 Å². The molecular weight excluding hydrogens is 332 g/mol. The Labute approximate surface area is 150 Å². The molecule has 1 saturated heterocycles. The summed E-state index contributed by atoms with van der Waals surface area (Å²) >= 11 is 0. The van der Waals surface area contributed by atoms with E-state index in [2.05, 4.69) is 4.90 Å². The number of fused-ring (bicyclic) bond motifs is 1. The molecule has 6 heteroatoms. The smallest absolute Gasteiger partial charge is 0.206 e. The van der Waals surface area contributed by atoms with Gasteiger partial charge in [-0.2, -0.15) is 0 Å². The third kappa shape index (κ3) is 1.26. The number of phenolic OH excluding ortho intramolecular Hbond substituents is 1. The Balaban J connectivity index is 1.78. The molecule has 1 aromatic heterocycles. The van der Waals surface area contributed by atoms with Gasteiger partial charge in [0.2, 0.25) is 5.78 Å². The number of ether oxygens (including phenoxy) is 1. The minimum absolute atomic E-state index is 0.0466. The number of ketones is 1. The summed E-state index contributed by atoms with van der Waals surface area (Å²) in [6.07, 6.45) is 4.14. The van der Waals surface area contributed by atoms with Crippen LogP contribution in [0.4, 0.5) is 0 Å². The number of aromatic nitrogens is 1. The van der Waals surface area contributed by atoms with Gasteiger partial charge in [-0.3, -0.25) is 9.69 Å². The molecule has 6 rings (SSSR count). The fourth-order valence-electron chi connectivity index (χ4n) is 6.14. The van der Waals surface area contributed by atoms with E-state index in [4.69, 9.17) is 4.74 Å². The zero-order chi connectivity index (χ0) is 18.0. The molecule has 1 fully saturated rings. The average molecular weight is 352 g/mol. The van der Waals surface area contributed by atoms with Gasteiger partial charge in [0.1, 0.15) is 5.60 Å². The number of phenols is 1. The Bertz CT molecular complexity index is 1010. The van der Waals surface area contributed by atoms with Crippen molar-refractivity contribution in [2.24, 2.45) is 7.05 Å². The van der Waals surface area contributed by atoms with Crippen LogP contribution in [0, 0.1) is 0 Å². The highest BCUT2D eigenvalue weighted by Gasteiger charge is 2.74. The van der Waals surface area contributed by atoms with Crippen LogP contribution in [-0.2, 0) is 24.5 Å². The number of rotatable bonds is 0. The van der Waals surface area contributed by atoms with E-state index >= 15 is 0 Å². The van der Waals surface area contributed by atoms with Crippen molar-refractivity contribution >= 4 is 5.78 Å². The summed E-state index contributed by atoms with van der Waals surface area (Å²) in [5, 5.41) is 22.7. The standard InChI is InChI=1S/C20H20N2O4/c1-21-8-11-12(9-21)20(25)14-7-10-3-4-13(23)17-15(10)19(20,5-6-22(14)2)18(26-17)16(11)24/h3-4,8-9,14,18,23,25H,5-7H2,1-2H3/t14?,18-,19-,20+/m0/s1. The predicted octanol–water partition coefficient (Wildman–Crippen LogP) is 1.07. The topological polar surface area (TPSA) is 74.9 Å². The molecule has 4 atom stereocenters.